The zero-order valence-electron chi connectivity index (χ0n) is 10.0. The van der Waals surface area contributed by atoms with Crippen LogP contribution in [0.3, 0.4) is 0 Å². The number of nitrogens with one attached hydrogen (secondary N) is 1. The molecule has 2 rings (SSSR count). The zero-order valence-corrected chi connectivity index (χ0v) is 10.8. The minimum Gasteiger partial charge on any atom is -0.392 e. The van der Waals surface area contributed by atoms with Gasteiger partial charge in [-0.05, 0) is 43.9 Å². The van der Waals surface area contributed by atoms with Crippen LogP contribution in [0.2, 0.25) is 0 Å². The van der Waals surface area contributed by atoms with Crippen LogP contribution in [0, 0.1) is 6.92 Å². The number of aliphatic hydroxyl groups is 1. The number of sulfonamides is 1. The number of hydrogen-bond donors (Lipinski definition) is 2. The molecule has 17 heavy (non-hydrogen) atoms. The first-order chi connectivity index (χ1) is 7.88. The predicted molar refractivity (Wildman–Crippen MR) is 65.1 cm³/mol. The summed E-state index contributed by atoms with van der Waals surface area (Å²) in [5.41, 5.74) is 0.987. The number of hydrogen-bond acceptors (Lipinski definition) is 3. The summed E-state index contributed by atoms with van der Waals surface area (Å²) in [5.74, 6) is 0. The van der Waals surface area contributed by atoms with Crippen LogP contribution in [0.15, 0.2) is 23.1 Å². The van der Waals surface area contributed by atoms with Gasteiger partial charge in [-0.15, -0.1) is 0 Å². The van der Waals surface area contributed by atoms with Crippen molar-refractivity contribution in [2.45, 2.75) is 43.7 Å². The summed E-state index contributed by atoms with van der Waals surface area (Å²) < 4.78 is 27.1. The summed E-state index contributed by atoms with van der Waals surface area (Å²) >= 11 is 0. The molecule has 0 bridgehead atoms. The van der Waals surface area contributed by atoms with E-state index in [1.54, 1.807) is 25.1 Å². The second-order valence-electron chi connectivity index (χ2n) is 4.86. The average molecular weight is 255 g/mol. The summed E-state index contributed by atoms with van der Waals surface area (Å²) in [6.07, 6.45) is 1.76. The van der Waals surface area contributed by atoms with Crippen LogP contribution < -0.4 is 4.72 Å². The van der Waals surface area contributed by atoms with Gasteiger partial charge in [0, 0.05) is 5.54 Å². The van der Waals surface area contributed by atoms with Gasteiger partial charge in [0.1, 0.15) is 0 Å². The van der Waals surface area contributed by atoms with Crippen molar-refractivity contribution in [2.75, 3.05) is 0 Å². The molecule has 0 spiro atoms. The molecule has 5 heteroatoms. The summed E-state index contributed by atoms with van der Waals surface area (Å²) in [4.78, 5) is 0.261. The van der Waals surface area contributed by atoms with Gasteiger partial charge in [0.05, 0.1) is 11.5 Å². The SMILES string of the molecule is Cc1c(CO)cccc1S(=O)(=O)NC1(C)CC1. The maximum absolute atomic E-state index is 12.2. The third kappa shape index (κ3) is 2.51. The van der Waals surface area contributed by atoms with Crippen LogP contribution in [0.25, 0.3) is 0 Å². The van der Waals surface area contributed by atoms with E-state index in [0.29, 0.717) is 11.1 Å². The van der Waals surface area contributed by atoms with Crippen molar-refractivity contribution in [3.63, 3.8) is 0 Å². The molecule has 1 fully saturated rings. The van der Waals surface area contributed by atoms with Crippen LogP contribution >= 0.6 is 0 Å². The monoisotopic (exact) mass is 255 g/mol. The van der Waals surface area contributed by atoms with Crippen molar-refractivity contribution in [1.82, 2.24) is 4.72 Å². The van der Waals surface area contributed by atoms with Crippen molar-refractivity contribution >= 4 is 10.0 Å². The molecule has 0 saturated heterocycles. The Balaban J connectivity index is 2.39. The Hall–Kier alpha value is -0.910. The van der Waals surface area contributed by atoms with Crippen molar-refractivity contribution in [1.29, 1.82) is 0 Å². The molecule has 1 saturated carbocycles. The van der Waals surface area contributed by atoms with Crippen molar-refractivity contribution in [3.8, 4) is 0 Å². The molecule has 1 aromatic rings. The predicted octanol–water partition coefficient (Wildman–Crippen LogP) is 1.32. The van der Waals surface area contributed by atoms with E-state index >= 15 is 0 Å². The Morgan fingerprint density at radius 3 is 2.59 bits per heavy atom. The van der Waals surface area contributed by atoms with E-state index < -0.39 is 10.0 Å². The fourth-order valence-electron chi connectivity index (χ4n) is 1.79. The Morgan fingerprint density at radius 1 is 1.41 bits per heavy atom. The second kappa shape index (κ2) is 4.08. The molecule has 0 amide bonds. The second-order valence-corrected chi connectivity index (χ2v) is 6.52. The number of benzene rings is 1. The van der Waals surface area contributed by atoms with Crippen LogP contribution in [-0.4, -0.2) is 19.1 Å². The van der Waals surface area contributed by atoms with Gasteiger partial charge in [-0.1, -0.05) is 12.1 Å². The van der Waals surface area contributed by atoms with Gasteiger partial charge in [0.15, 0.2) is 0 Å². The summed E-state index contributed by atoms with van der Waals surface area (Å²) in [6, 6.07) is 4.96. The Bertz CT molecular complexity index is 533. The molecule has 1 aliphatic carbocycles. The molecule has 0 radical (unpaired) electrons. The molecular weight excluding hydrogens is 238 g/mol. The first kappa shape index (κ1) is 12.5. The molecule has 0 aromatic heterocycles. The topological polar surface area (TPSA) is 66.4 Å². The highest BCUT2D eigenvalue weighted by Gasteiger charge is 2.41. The molecule has 0 heterocycles. The zero-order chi connectivity index (χ0) is 12.7. The van der Waals surface area contributed by atoms with Crippen molar-refractivity contribution in [3.05, 3.63) is 29.3 Å². The fraction of sp³-hybridized carbons (Fsp3) is 0.500. The molecule has 2 N–H and O–H groups in total. The average Bonchev–Trinajstić information content (AvgIpc) is 2.95. The minimum atomic E-state index is -3.48. The van der Waals surface area contributed by atoms with Crippen LogP contribution in [-0.2, 0) is 16.6 Å². The van der Waals surface area contributed by atoms with E-state index in [-0.39, 0.29) is 17.0 Å². The fourth-order valence-corrected chi connectivity index (χ4v) is 3.55. The quantitative estimate of drug-likeness (QED) is 0.852. The summed E-state index contributed by atoms with van der Waals surface area (Å²) in [6.45, 7) is 3.47. The van der Waals surface area contributed by atoms with E-state index in [4.69, 9.17) is 5.11 Å². The lowest BCUT2D eigenvalue weighted by Crippen LogP contribution is -2.34. The first-order valence-corrected chi connectivity index (χ1v) is 7.10. The molecule has 94 valence electrons. The highest BCUT2D eigenvalue weighted by molar-refractivity contribution is 7.89. The standard InChI is InChI=1S/C12H17NO3S/c1-9-10(8-14)4-3-5-11(9)17(15,16)13-12(2)6-7-12/h3-5,13-14H,6-8H2,1-2H3. The molecule has 1 aromatic carbocycles. The Morgan fingerprint density at radius 2 is 2.06 bits per heavy atom. The lowest BCUT2D eigenvalue weighted by molar-refractivity contribution is 0.280. The molecule has 0 unspecified atom stereocenters. The smallest absolute Gasteiger partial charge is 0.241 e. The normalized spacial score (nSPS) is 18.1. The van der Waals surface area contributed by atoms with Gasteiger partial charge in [0.25, 0.3) is 0 Å². The van der Waals surface area contributed by atoms with E-state index in [0.717, 1.165) is 12.8 Å². The molecule has 4 nitrogen and oxygen atoms in total. The number of rotatable bonds is 4. The van der Waals surface area contributed by atoms with Gasteiger partial charge in [-0.25, -0.2) is 13.1 Å². The van der Waals surface area contributed by atoms with E-state index in [1.807, 2.05) is 6.92 Å². The molecule has 0 aliphatic heterocycles. The minimum absolute atomic E-state index is 0.146. The first-order valence-electron chi connectivity index (χ1n) is 5.61. The maximum atomic E-state index is 12.2. The van der Waals surface area contributed by atoms with Gasteiger partial charge >= 0.3 is 0 Å². The van der Waals surface area contributed by atoms with Crippen molar-refractivity contribution < 1.29 is 13.5 Å². The van der Waals surface area contributed by atoms with Crippen molar-refractivity contribution in [2.24, 2.45) is 0 Å². The third-order valence-corrected chi connectivity index (χ3v) is 5.02. The van der Waals surface area contributed by atoms with Crippen LogP contribution in [0.1, 0.15) is 30.9 Å². The number of aliphatic hydroxyl groups excluding tert-OH is 1. The van der Waals surface area contributed by atoms with Crippen LogP contribution in [0.4, 0.5) is 0 Å². The van der Waals surface area contributed by atoms with Gasteiger partial charge < -0.3 is 5.11 Å². The highest BCUT2D eigenvalue weighted by Crippen LogP contribution is 2.36. The third-order valence-electron chi connectivity index (χ3n) is 3.24. The van der Waals surface area contributed by atoms with E-state index in [1.165, 1.54) is 0 Å². The van der Waals surface area contributed by atoms with Gasteiger partial charge in [0.2, 0.25) is 10.0 Å². The Labute approximate surface area is 102 Å². The summed E-state index contributed by atoms with van der Waals surface area (Å²) in [5, 5.41) is 9.14. The highest BCUT2D eigenvalue weighted by atomic mass is 32.2. The molecule has 1 aliphatic rings. The summed E-state index contributed by atoms with van der Waals surface area (Å²) in [7, 11) is -3.48. The molecule has 0 atom stereocenters. The van der Waals surface area contributed by atoms with Gasteiger partial charge in [-0.2, -0.15) is 0 Å². The molecular formula is C12H17NO3S. The lowest BCUT2D eigenvalue weighted by atomic mass is 10.1. The Kier molecular flexibility index (Phi) is 3.01. The maximum Gasteiger partial charge on any atom is 0.241 e. The van der Waals surface area contributed by atoms with Crippen LogP contribution in [0.5, 0.6) is 0 Å². The van der Waals surface area contributed by atoms with E-state index in [2.05, 4.69) is 4.72 Å². The lowest BCUT2D eigenvalue weighted by Gasteiger charge is -2.15. The van der Waals surface area contributed by atoms with E-state index in [9.17, 15) is 8.42 Å². The largest absolute Gasteiger partial charge is 0.392 e. The van der Waals surface area contributed by atoms with Gasteiger partial charge in [-0.3, -0.25) is 0 Å².